The number of hydrogen-bond donors (Lipinski definition) is 1. The summed E-state index contributed by atoms with van der Waals surface area (Å²) in [5, 5.41) is 3.32. The molecule has 1 N–H and O–H groups in total. The molecule has 0 saturated carbocycles. The fourth-order valence-corrected chi connectivity index (χ4v) is 2.33. The molecule has 1 aromatic carbocycles. The van der Waals surface area contributed by atoms with Crippen LogP contribution in [0.15, 0.2) is 34.8 Å². The lowest BCUT2D eigenvalue weighted by molar-refractivity contribution is 0.802. The molecule has 1 aromatic heterocycles. The molecule has 0 spiro atoms. The molecule has 0 bridgehead atoms. The molecule has 0 saturated heterocycles. The smallest absolute Gasteiger partial charge is 0.127 e. The first kappa shape index (κ1) is 11.6. The SMILES string of the molecule is CCCc1cc(=S)n(-c2cccc(Br)c2)[nH]1. The highest BCUT2D eigenvalue weighted by Gasteiger charge is 2.02. The predicted octanol–water partition coefficient (Wildman–Crippen LogP) is 4.25. The van der Waals surface area contributed by atoms with E-state index in [4.69, 9.17) is 12.2 Å². The maximum absolute atomic E-state index is 5.33. The molecule has 0 aliphatic rings. The zero-order valence-electron chi connectivity index (χ0n) is 9.03. The molecule has 0 fully saturated rings. The van der Waals surface area contributed by atoms with Gasteiger partial charge < -0.3 is 0 Å². The second-order valence-corrected chi connectivity index (χ2v) is 5.02. The molecule has 2 rings (SSSR count). The molecule has 84 valence electrons. The third kappa shape index (κ3) is 2.44. The lowest BCUT2D eigenvalue weighted by Gasteiger charge is -2.03. The Hall–Kier alpha value is -0.870. The summed E-state index contributed by atoms with van der Waals surface area (Å²) < 4.78 is 3.81. The van der Waals surface area contributed by atoms with Gasteiger partial charge in [0.15, 0.2) is 0 Å². The highest BCUT2D eigenvalue weighted by atomic mass is 79.9. The van der Waals surface area contributed by atoms with Crippen LogP contribution in [0.1, 0.15) is 19.0 Å². The van der Waals surface area contributed by atoms with E-state index >= 15 is 0 Å². The third-order valence-corrected chi connectivity index (χ3v) is 3.15. The molecule has 4 heteroatoms. The Morgan fingerprint density at radius 1 is 1.38 bits per heavy atom. The van der Waals surface area contributed by atoms with Crippen molar-refractivity contribution < 1.29 is 0 Å². The van der Waals surface area contributed by atoms with Crippen LogP contribution in [0.25, 0.3) is 5.69 Å². The summed E-state index contributed by atoms with van der Waals surface area (Å²) in [7, 11) is 0. The molecule has 0 radical (unpaired) electrons. The van der Waals surface area contributed by atoms with E-state index in [0.29, 0.717) is 0 Å². The van der Waals surface area contributed by atoms with Crippen LogP contribution < -0.4 is 0 Å². The monoisotopic (exact) mass is 296 g/mol. The van der Waals surface area contributed by atoms with E-state index < -0.39 is 0 Å². The first-order valence-corrected chi connectivity index (χ1v) is 6.47. The van der Waals surface area contributed by atoms with Gasteiger partial charge in [-0.15, -0.1) is 0 Å². The summed E-state index contributed by atoms with van der Waals surface area (Å²) in [6.07, 6.45) is 2.15. The Balaban J connectivity index is 2.44. The van der Waals surface area contributed by atoms with Crippen molar-refractivity contribution in [2.75, 3.05) is 0 Å². The van der Waals surface area contributed by atoms with E-state index in [-0.39, 0.29) is 0 Å². The summed E-state index contributed by atoms with van der Waals surface area (Å²) in [6.45, 7) is 2.16. The van der Waals surface area contributed by atoms with Crippen LogP contribution in [0.5, 0.6) is 0 Å². The standard InChI is InChI=1S/C12H13BrN2S/c1-2-4-10-8-12(16)15(14-10)11-6-3-5-9(13)7-11/h3,5-8,14H,2,4H2,1H3. The lowest BCUT2D eigenvalue weighted by Crippen LogP contribution is -1.97. The fourth-order valence-electron chi connectivity index (χ4n) is 1.65. The molecule has 1 heterocycles. The van der Waals surface area contributed by atoms with Crippen molar-refractivity contribution in [1.82, 2.24) is 9.78 Å². The van der Waals surface area contributed by atoms with Gasteiger partial charge in [-0.2, -0.15) is 0 Å². The van der Waals surface area contributed by atoms with Crippen LogP contribution in [-0.2, 0) is 6.42 Å². The number of nitrogens with one attached hydrogen (secondary N) is 1. The second kappa shape index (κ2) is 4.97. The van der Waals surface area contributed by atoms with E-state index in [2.05, 4.69) is 28.0 Å². The zero-order valence-corrected chi connectivity index (χ0v) is 11.4. The summed E-state index contributed by atoms with van der Waals surface area (Å²) in [4.78, 5) is 0. The number of H-pyrrole nitrogens is 1. The Morgan fingerprint density at radius 2 is 2.19 bits per heavy atom. The molecular weight excluding hydrogens is 284 g/mol. The van der Waals surface area contributed by atoms with Gasteiger partial charge in [0.25, 0.3) is 0 Å². The number of aryl methyl sites for hydroxylation is 1. The molecular formula is C12H13BrN2S. The van der Waals surface area contributed by atoms with Gasteiger partial charge in [0.05, 0.1) is 5.69 Å². The largest absolute Gasteiger partial charge is 0.297 e. The van der Waals surface area contributed by atoms with Gasteiger partial charge in [0.1, 0.15) is 4.64 Å². The minimum absolute atomic E-state index is 0.821. The summed E-state index contributed by atoms with van der Waals surface area (Å²) in [5.41, 5.74) is 2.24. The van der Waals surface area contributed by atoms with Crippen molar-refractivity contribution in [1.29, 1.82) is 0 Å². The fraction of sp³-hybridized carbons (Fsp3) is 0.250. The van der Waals surface area contributed by atoms with E-state index in [0.717, 1.165) is 27.6 Å². The Morgan fingerprint density at radius 3 is 2.88 bits per heavy atom. The average Bonchev–Trinajstić information content (AvgIpc) is 2.60. The maximum atomic E-state index is 5.33. The van der Waals surface area contributed by atoms with E-state index in [9.17, 15) is 0 Å². The number of hydrogen-bond acceptors (Lipinski definition) is 1. The summed E-state index contributed by atoms with van der Waals surface area (Å²) >= 11 is 8.79. The quantitative estimate of drug-likeness (QED) is 0.840. The molecule has 0 atom stereocenters. The van der Waals surface area contributed by atoms with Crippen molar-refractivity contribution in [2.24, 2.45) is 0 Å². The van der Waals surface area contributed by atoms with Crippen LogP contribution in [-0.4, -0.2) is 9.78 Å². The topological polar surface area (TPSA) is 20.7 Å². The lowest BCUT2D eigenvalue weighted by atomic mass is 10.3. The normalized spacial score (nSPS) is 10.6. The molecule has 0 aliphatic carbocycles. The van der Waals surface area contributed by atoms with Gasteiger partial charge in [0, 0.05) is 10.2 Å². The van der Waals surface area contributed by atoms with Crippen molar-refractivity contribution in [3.8, 4) is 5.69 Å². The van der Waals surface area contributed by atoms with Crippen LogP contribution >= 0.6 is 28.1 Å². The number of aromatic nitrogens is 2. The van der Waals surface area contributed by atoms with Crippen LogP contribution in [0.2, 0.25) is 0 Å². The number of nitrogens with zero attached hydrogens (tertiary/aromatic N) is 1. The van der Waals surface area contributed by atoms with E-state index in [1.165, 1.54) is 5.69 Å². The van der Waals surface area contributed by atoms with E-state index in [1.54, 1.807) is 0 Å². The van der Waals surface area contributed by atoms with Crippen molar-refractivity contribution in [3.05, 3.63) is 45.1 Å². The van der Waals surface area contributed by atoms with Gasteiger partial charge in [0.2, 0.25) is 0 Å². The first-order valence-electron chi connectivity index (χ1n) is 5.27. The van der Waals surface area contributed by atoms with Crippen molar-refractivity contribution >= 4 is 28.1 Å². The maximum Gasteiger partial charge on any atom is 0.127 e. The summed E-state index contributed by atoms with van der Waals surface area (Å²) in [5.74, 6) is 0. The Kier molecular flexibility index (Phi) is 3.61. The van der Waals surface area contributed by atoms with Gasteiger partial charge in [-0.25, -0.2) is 4.68 Å². The number of aromatic amines is 1. The molecule has 2 aromatic rings. The second-order valence-electron chi connectivity index (χ2n) is 3.68. The van der Waals surface area contributed by atoms with Crippen molar-refractivity contribution in [2.45, 2.75) is 19.8 Å². The molecule has 0 aliphatic heterocycles. The zero-order chi connectivity index (χ0) is 11.5. The summed E-state index contributed by atoms with van der Waals surface area (Å²) in [6, 6.07) is 10.1. The Labute approximate surface area is 108 Å². The van der Waals surface area contributed by atoms with Crippen molar-refractivity contribution in [3.63, 3.8) is 0 Å². The molecule has 16 heavy (non-hydrogen) atoms. The minimum atomic E-state index is 0.821. The van der Waals surface area contributed by atoms with Crippen LogP contribution in [0, 0.1) is 4.64 Å². The number of benzene rings is 1. The number of halogens is 1. The van der Waals surface area contributed by atoms with Gasteiger partial charge >= 0.3 is 0 Å². The molecule has 2 nitrogen and oxygen atoms in total. The average molecular weight is 297 g/mol. The first-order chi connectivity index (χ1) is 7.70. The Bertz CT molecular complexity index is 542. The predicted molar refractivity (Wildman–Crippen MR) is 72.6 cm³/mol. The third-order valence-electron chi connectivity index (χ3n) is 2.36. The minimum Gasteiger partial charge on any atom is -0.297 e. The van der Waals surface area contributed by atoms with Gasteiger partial charge in [-0.3, -0.25) is 5.10 Å². The van der Waals surface area contributed by atoms with Crippen LogP contribution in [0.3, 0.4) is 0 Å². The highest BCUT2D eigenvalue weighted by molar-refractivity contribution is 9.10. The van der Waals surface area contributed by atoms with Gasteiger partial charge in [-0.1, -0.05) is 47.6 Å². The van der Waals surface area contributed by atoms with E-state index in [1.807, 2.05) is 35.0 Å². The molecule has 0 unspecified atom stereocenters. The molecule has 0 amide bonds. The van der Waals surface area contributed by atoms with Gasteiger partial charge in [-0.05, 0) is 30.7 Å². The number of rotatable bonds is 3. The van der Waals surface area contributed by atoms with Crippen LogP contribution in [0.4, 0.5) is 0 Å². The highest BCUT2D eigenvalue weighted by Crippen LogP contribution is 2.16.